The number of ether oxygens (including phenoxy) is 1. The molecule has 1 aliphatic heterocycles. The number of carbonyl (C=O) groups excluding carboxylic acids is 3. The number of aliphatic hydroxyl groups is 1. The van der Waals surface area contributed by atoms with Crippen LogP contribution in [-0.4, -0.2) is 28.9 Å². The first-order valence-electron chi connectivity index (χ1n) is 12.7. The largest absolute Gasteiger partial charge is 0.507 e. The molecule has 1 N–H and O–H groups in total. The summed E-state index contributed by atoms with van der Waals surface area (Å²) in [5, 5.41) is 11.6. The molecule has 1 saturated heterocycles. The fourth-order valence-corrected chi connectivity index (χ4v) is 4.58. The van der Waals surface area contributed by atoms with Gasteiger partial charge >= 0.3 is 5.97 Å². The number of Topliss-reactive ketones (excluding diaryl/α,β-unsaturated/α-hetero) is 1. The second-order valence-corrected chi connectivity index (χ2v) is 10.9. The van der Waals surface area contributed by atoms with Crippen LogP contribution in [0.2, 0.25) is 0 Å². The van der Waals surface area contributed by atoms with Gasteiger partial charge < -0.3 is 9.84 Å². The molecule has 1 heterocycles. The van der Waals surface area contributed by atoms with Crippen molar-refractivity contribution in [3.05, 3.63) is 106 Å². The van der Waals surface area contributed by atoms with Gasteiger partial charge in [0.15, 0.2) is 0 Å². The second kappa shape index (κ2) is 10.3. The molecule has 1 amide bonds. The Morgan fingerprint density at radius 3 is 2.16 bits per heavy atom. The molecule has 0 aromatic heterocycles. The minimum absolute atomic E-state index is 0.0265. The van der Waals surface area contributed by atoms with E-state index in [1.807, 2.05) is 55.5 Å². The molecule has 3 aromatic rings. The van der Waals surface area contributed by atoms with Crippen molar-refractivity contribution in [2.45, 2.75) is 59.1 Å². The van der Waals surface area contributed by atoms with Crippen molar-refractivity contribution in [2.75, 3.05) is 4.90 Å². The Kier molecular flexibility index (Phi) is 7.27. The zero-order chi connectivity index (χ0) is 27.8. The van der Waals surface area contributed by atoms with Crippen molar-refractivity contribution < 1.29 is 24.2 Å². The number of aliphatic hydroxyl groups excluding tert-OH is 1. The normalized spacial score (nSPS) is 17.2. The molecule has 6 heteroatoms. The van der Waals surface area contributed by atoms with Gasteiger partial charge in [0.25, 0.3) is 11.7 Å². The number of rotatable bonds is 5. The zero-order valence-corrected chi connectivity index (χ0v) is 22.6. The molecule has 0 saturated carbocycles. The molecule has 4 rings (SSSR count). The standard InChI is InChI=1S/C32H33NO5/c1-19(2)38-31(37)22-13-16-24(17-14-22)33-27(21-10-8-7-9-11-21)26(29(35)30(33)36)28(34)25-18-23(32(4,5)6)15-12-20(25)3/h7-19,27,34H,1-6H3/b28-26+. The number of amides is 1. The summed E-state index contributed by atoms with van der Waals surface area (Å²) in [7, 11) is 0. The molecule has 0 bridgehead atoms. The Labute approximate surface area is 223 Å². The summed E-state index contributed by atoms with van der Waals surface area (Å²) in [4.78, 5) is 40.6. The van der Waals surface area contributed by atoms with Gasteiger partial charge in [-0.25, -0.2) is 4.79 Å². The Morgan fingerprint density at radius 2 is 1.58 bits per heavy atom. The number of hydrogen-bond acceptors (Lipinski definition) is 5. The van der Waals surface area contributed by atoms with E-state index in [1.54, 1.807) is 38.1 Å². The lowest BCUT2D eigenvalue weighted by atomic mass is 9.84. The van der Waals surface area contributed by atoms with Gasteiger partial charge in [-0.1, -0.05) is 63.2 Å². The fourth-order valence-electron chi connectivity index (χ4n) is 4.58. The molecule has 1 atom stereocenters. The number of aryl methyl sites for hydroxylation is 1. The smallest absolute Gasteiger partial charge is 0.338 e. The predicted octanol–water partition coefficient (Wildman–Crippen LogP) is 6.48. The van der Waals surface area contributed by atoms with Crippen molar-refractivity contribution in [2.24, 2.45) is 0 Å². The van der Waals surface area contributed by atoms with E-state index in [-0.39, 0.29) is 22.9 Å². The third-order valence-corrected chi connectivity index (χ3v) is 6.64. The Balaban J connectivity index is 1.87. The van der Waals surface area contributed by atoms with Gasteiger partial charge in [0.2, 0.25) is 0 Å². The topological polar surface area (TPSA) is 83.9 Å². The van der Waals surface area contributed by atoms with E-state index in [9.17, 15) is 19.5 Å². The quantitative estimate of drug-likeness (QED) is 0.183. The molecule has 6 nitrogen and oxygen atoms in total. The van der Waals surface area contributed by atoms with Gasteiger partial charge in [-0.15, -0.1) is 0 Å². The zero-order valence-electron chi connectivity index (χ0n) is 22.6. The monoisotopic (exact) mass is 511 g/mol. The van der Waals surface area contributed by atoms with E-state index in [2.05, 4.69) is 20.8 Å². The molecule has 0 radical (unpaired) electrons. The van der Waals surface area contributed by atoms with Crippen molar-refractivity contribution in [3.63, 3.8) is 0 Å². The predicted molar refractivity (Wildman–Crippen MR) is 148 cm³/mol. The Hall–Kier alpha value is -4.19. The van der Waals surface area contributed by atoms with E-state index in [1.165, 1.54) is 4.90 Å². The maximum absolute atomic E-state index is 13.5. The van der Waals surface area contributed by atoms with E-state index in [4.69, 9.17) is 4.74 Å². The lowest BCUT2D eigenvalue weighted by molar-refractivity contribution is -0.132. The summed E-state index contributed by atoms with van der Waals surface area (Å²) < 4.78 is 5.26. The SMILES string of the molecule is Cc1ccc(C(C)(C)C)cc1/C(O)=C1\C(=O)C(=O)N(c2ccc(C(=O)OC(C)C)cc2)C1c1ccccc1. The third kappa shape index (κ3) is 5.12. The van der Waals surface area contributed by atoms with Crippen molar-refractivity contribution >= 4 is 29.1 Å². The molecule has 1 fully saturated rings. The van der Waals surface area contributed by atoms with Gasteiger partial charge in [0.1, 0.15) is 5.76 Å². The van der Waals surface area contributed by atoms with Crippen LogP contribution in [0.15, 0.2) is 78.4 Å². The molecule has 0 spiro atoms. The third-order valence-electron chi connectivity index (χ3n) is 6.64. The first-order chi connectivity index (χ1) is 17.9. The summed E-state index contributed by atoms with van der Waals surface area (Å²) in [6, 6.07) is 20.5. The average Bonchev–Trinajstić information content (AvgIpc) is 3.13. The average molecular weight is 512 g/mol. The lowest BCUT2D eigenvalue weighted by Crippen LogP contribution is -2.29. The molecule has 38 heavy (non-hydrogen) atoms. The van der Waals surface area contributed by atoms with Crippen molar-refractivity contribution in [1.29, 1.82) is 0 Å². The molecular formula is C32H33NO5. The maximum atomic E-state index is 13.5. The summed E-state index contributed by atoms with van der Waals surface area (Å²) in [5.74, 6) is -2.19. The lowest BCUT2D eigenvalue weighted by Gasteiger charge is -2.26. The molecular weight excluding hydrogens is 478 g/mol. The maximum Gasteiger partial charge on any atom is 0.338 e. The van der Waals surface area contributed by atoms with Crippen molar-refractivity contribution in [1.82, 2.24) is 0 Å². The number of nitrogens with zero attached hydrogens (tertiary/aromatic N) is 1. The molecule has 1 unspecified atom stereocenters. The van der Waals surface area contributed by atoms with Gasteiger partial charge in [-0.2, -0.15) is 0 Å². The highest BCUT2D eigenvalue weighted by Crippen LogP contribution is 2.43. The van der Waals surface area contributed by atoms with Gasteiger partial charge in [-0.05, 0) is 73.2 Å². The summed E-state index contributed by atoms with van der Waals surface area (Å²) in [5.41, 5.74) is 3.61. The summed E-state index contributed by atoms with van der Waals surface area (Å²) in [6.07, 6.45) is -0.265. The van der Waals surface area contributed by atoms with E-state index in [0.29, 0.717) is 22.4 Å². The van der Waals surface area contributed by atoms with E-state index in [0.717, 1.165) is 11.1 Å². The highest BCUT2D eigenvalue weighted by atomic mass is 16.5. The number of anilines is 1. The summed E-state index contributed by atoms with van der Waals surface area (Å²) in [6.45, 7) is 11.6. The van der Waals surface area contributed by atoms with E-state index >= 15 is 0 Å². The van der Waals surface area contributed by atoms with Crippen LogP contribution in [0.1, 0.15) is 73.3 Å². The number of esters is 1. The van der Waals surface area contributed by atoms with Crippen LogP contribution < -0.4 is 4.90 Å². The van der Waals surface area contributed by atoms with Crippen LogP contribution in [0, 0.1) is 6.92 Å². The molecule has 0 aliphatic carbocycles. The van der Waals surface area contributed by atoms with Crippen molar-refractivity contribution in [3.8, 4) is 0 Å². The Bertz CT molecular complexity index is 1410. The Morgan fingerprint density at radius 1 is 0.947 bits per heavy atom. The first kappa shape index (κ1) is 26.9. The minimum Gasteiger partial charge on any atom is -0.507 e. The van der Waals surface area contributed by atoms with Crippen LogP contribution in [-0.2, 0) is 19.7 Å². The first-order valence-corrected chi connectivity index (χ1v) is 12.7. The highest BCUT2D eigenvalue weighted by molar-refractivity contribution is 6.51. The highest BCUT2D eigenvalue weighted by Gasteiger charge is 2.47. The number of ketones is 1. The number of carbonyl (C=O) groups is 3. The summed E-state index contributed by atoms with van der Waals surface area (Å²) >= 11 is 0. The van der Waals surface area contributed by atoms with Gasteiger partial charge in [0, 0.05) is 11.3 Å². The van der Waals surface area contributed by atoms with Crippen LogP contribution >= 0.6 is 0 Å². The molecule has 3 aromatic carbocycles. The van der Waals surface area contributed by atoms with Crippen LogP contribution in [0.5, 0.6) is 0 Å². The number of benzene rings is 3. The van der Waals surface area contributed by atoms with E-state index < -0.39 is 23.7 Å². The number of hydrogen-bond donors (Lipinski definition) is 1. The fraction of sp³-hybridized carbons (Fsp3) is 0.281. The molecule has 196 valence electrons. The second-order valence-electron chi connectivity index (χ2n) is 10.9. The van der Waals surface area contributed by atoms with Crippen LogP contribution in [0.3, 0.4) is 0 Å². The minimum atomic E-state index is -0.845. The van der Waals surface area contributed by atoms with Gasteiger partial charge in [-0.3, -0.25) is 14.5 Å². The van der Waals surface area contributed by atoms with Gasteiger partial charge in [0.05, 0.1) is 23.3 Å². The molecule has 1 aliphatic rings. The van der Waals surface area contributed by atoms with Crippen LogP contribution in [0.4, 0.5) is 5.69 Å². The van der Waals surface area contributed by atoms with Crippen LogP contribution in [0.25, 0.3) is 5.76 Å².